The number of benzene rings is 1. The third-order valence-electron chi connectivity index (χ3n) is 5.55. The monoisotopic (exact) mass is 366 g/mol. The number of fused-ring (bicyclic) bond motifs is 6. The van der Waals surface area contributed by atoms with E-state index >= 15 is 0 Å². The van der Waals surface area contributed by atoms with Gasteiger partial charge in [0.05, 0.1) is 12.2 Å². The van der Waals surface area contributed by atoms with Crippen molar-refractivity contribution < 1.29 is 4.79 Å². The highest BCUT2D eigenvalue weighted by molar-refractivity contribution is 6.14. The Balaban J connectivity index is 1.47. The van der Waals surface area contributed by atoms with E-state index in [0.29, 0.717) is 19.0 Å². The number of nitrogens with zero attached hydrogens (tertiary/aromatic N) is 5. The number of hydrogen-bond donors (Lipinski definition) is 1. The van der Waals surface area contributed by atoms with Crippen molar-refractivity contribution in [3.63, 3.8) is 0 Å². The highest BCUT2D eigenvalue weighted by Gasteiger charge is 2.34. The zero-order valence-corrected chi connectivity index (χ0v) is 15.1. The average molecular weight is 366 g/mol. The summed E-state index contributed by atoms with van der Waals surface area (Å²) >= 11 is 0. The third-order valence-corrected chi connectivity index (χ3v) is 5.55. The molecule has 1 fully saturated rings. The fourth-order valence-electron chi connectivity index (χ4n) is 4.27. The maximum absolute atomic E-state index is 13.0. The molecule has 1 saturated carbocycles. The molecule has 2 aromatic rings. The fourth-order valence-corrected chi connectivity index (χ4v) is 4.27. The van der Waals surface area contributed by atoms with Crippen LogP contribution in [0, 0.1) is 0 Å². The van der Waals surface area contributed by atoms with Crippen LogP contribution in [0.5, 0.6) is 0 Å². The largest absolute Gasteiger partial charge is 0.352 e. The van der Waals surface area contributed by atoms with Crippen LogP contribution in [-0.4, -0.2) is 45.2 Å². The van der Waals surface area contributed by atoms with Crippen LogP contribution in [0.1, 0.15) is 37.7 Å². The maximum Gasteiger partial charge on any atom is 0.352 e. The van der Waals surface area contributed by atoms with E-state index in [-0.39, 0.29) is 24.2 Å². The average Bonchev–Trinajstić information content (AvgIpc) is 3.29. The number of aliphatic imine (C=N–C) groups is 1. The predicted octanol–water partition coefficient (Wildman–Crippen LogP) is 1.06. The Morgan fingerprint density at radius 2 is 2.00 bits per heavy atom. The van der Waals surface area contributed by atoms with Crippen LogP contribution < -0.4 is 15.9 Å². The minimum absolute atomic E-state index is 0.0577. The van der Waals surface area contributed by atoms with Crippen molar-refractivity contribution in [1.29, 1.82) is 0 Å². The summed E-state index contributed by atoms with van der Waals surface area (Å²) in [6, 6.07) is 7.92. The lowest BCUT2D eigenvalue weighted by Crippen LogP contribution is -2.40. The molecule has 1 N–H and O–H groups in total. The van der Waals surface area contributed by atoms with Gasteiger partial charge in [0.15, 0.2) is 0 Å². The van der Waals surface area contributed by atoms with Crippen LogP contribution >= 0.6 is 0 Å². The zero-order valence-electron chi connectivity index (χ0n) is 15.1. The van der Waals surface area contributed by atoms with Crippen molar-refractivity contribution in [2.45, 2.75) is 44.7 Å². The molecule has 27 heavy (non-hydrogen) atoms. The second kappa shape index (κ2) is 6.37. The topological polar surface area (TPSA) is 84.5 Å². The lowest BCUT2D eigenvalue weighted by atomic mass is 9.95. The van der Waals surface area contributed by atoms with E-state index in [1.54, 1.807) is 4.57 Å². The van der Waals surface area contributed by atoms with Gasteiger partial charge in [0.25, 0.3) is 0 Å². The predicted molar refractivity (Wildman–Crippen MR) is 102 cm³/mol. The molecule has 5 rings (SSSR count). The molecular weight excluding hydrogens is 344 g/mol. The van der Waals surface area contributed by atoms with Crippen LogP contribution in [0.3, 0.4) is 0 Å². The molecule has 1 aliphatic carbocycles. The lowest BCUT2D eigenvalue weighted by molar-refractivity contribution is -0.122. The maximum atomic E-state index is 13.0. The van der Waals surface area contributed by atoms with Crippen molar-refractivity contribution in [1.82, 2.24) is 19.7 Å². The van der Waals surface area contributed by atoms with Gasteiger partial charge in [-0.25, -0.2) is 14.0 Å². The molecule has 3 aliphatic rings. The highest BCUT2D eigenvalue weighted by Crippen LogP contribution is 2.29. The summed E-state index contributed by atoms with van der Waals surface area (Å²) in [6.45, 7) is 1.30. The van der Waals surface area contributed by atoms with Gasteiger partial charge < -0.3 is 5.32 Å². The molecule has 0 radical (unpaired) electrons. The third kappa shape index (κ3) is 2.67. The van der Waals surface area contributed by atoms with Crippen molar-refractivity contribution in [2.24, 2.45) is 4.99 Å². The van der Waals surface area contributed by atoms with Gasteiger partial charge in [0.1, 0.15) is 12.4 Å². The van der Waals surface area contributed by atoms with E-state index in [0.717, 1.165) is 42.8 Å². The van der Waals surface area contributed by atoms with Crippen LogP contribution in [-0.2, 0) is 11.3 Å². The van der Waals surface area contributed by atoms with Gasteiger partial charge in [-0.15, -0.1) is 5.10 Å². The van der Waals surface area contributed by atoms with E-state index in [4.69, 9.17) is 0 Å². The van der Waals surface area contributed by atoms with E-state index in [9.17, 15) is 9.59 Å². The van der Waals surface area contributed by atoms with Crippen molar-refractivity contribution in [3.05, 3.63) is 40.3 Å². The van der Waals surface area contributed by atoms with Crippen LogP contribution in [0.15, 0.2) is 34.1 Å². The Bertz CT molecular complexity index is 982. The first-order valence-electron chi connectivity index (χ1n) is 9.63. The molecule has 1 amide bonds. The molecular formula is C19H22N6O2. The molecule has 1 aromatic heterocycles. The quantitative estimate of drug-likeness (QED) is 0.880. The summed E-state index contributed by atoms with van der Waals surface area (Å²) in [5.41, 5.74) is 1.41. The smallest absolute Gasteiger partial charge is 0.352 e. The van der Waals surface area contributed by atoms with E-state index in [1.807, 2.05) is 29.2 Å². The first-order chi connectivity index (χ1) is 13.2. The van der Waals surface area contributed by atoms with Crippen LogP contribution in [0.2, 0.25) is 0 Å². The molecule has 8 nitrogen and oxygen atoms in total. The first-order valence-corrected chi connectivity index (χ1v) is 9.63. The minimum Gasteiger partial charge on any atom is -0.352 e. The molecule has 0 spiro atoms. The second-order valence-corrected chi connectivity index (χ2v) is 7.35. The van der Waals surface area contributed by atoms with Gasteiger partial charge >= 0.3 is 5.69 Å². The molecule has 3 heterocycles. The van der Waals surface area contributed by atoms with Crippen LogP contribution in [0.4, 0.5) is 5.95 Å². The standard InChI is InChI=1S/C19H22N6O2/c26-16(21-13-6-2-1-3-7-13)12-24-19(27)25-15-9-5-4-8-14(15)17-20-10-11-23(17)18(25)22-24/h4-5,8-9,13H,1-3,6-7,10-12H2,(H,21,26). The first kappa shape index (κ1) is 16.3. The number of aromatic nitrogens is 3. The van der Waals surface area contributed by atoms with Gasteiger partial charge in [-0.05, 0) is 25.0 Å². The van der Waals surface area contributed by atoms with Gasteiger partial charge in [0.2, 0.25) is 11.9 Å². The summed E-state index contributed by atoms with van der Waals surface area (Å²) in [5, 5.41) is 7.53. The minimum atomic E-state index is -0.290. The van der Waals surface area contributed by atoms with Gasteiger partial charge in [-0.1, -0.05) is 31.4 Å². The van der Waals surface area contributed by atoms with Gasteiger partial charge in [-0.2, -0.15) is 0 Å². The second-order valence-electron chi connectivity index (χ2n) is 7.35. The lowest BCUT2D eigenvalue weighted by Gasteiger charge is -2.26. The number of carbonyl (C=O) groups excluding carboxylic acids is 1. The Kier molecular flexibility index (Phi) is 3.84. The molecule has 0 saturated heterocycles. The molecule has 0 unspecified atom stereocenters. The number of para-hydroxylation sites is 1. The number of hydrogen-bond acceptors (Lipinski definition) is 5. The normalized spacial score (nSPS) is 18.5. The molecule has 1 aromatic carbocycles. The van der Waals surface area contributed by atoms with Crippen molar-refractivity contribution >= 4 is 17.7 Å². The molecule has 8 heteroatoms. The summed E-state index contributed by atoms with van der Waals surface area (Å²) < 4.78 is 2.86. The van der Waals surface area contributed by atoms with E-state index in [1.165, 1.54) is 11.1 Å². The number of carbonyl (C=O) groups is 1. The van der Waals surface area contributed by atoms with Crippen LogP contribution in [0.25, 0.3) is 5.69 Å². The summed E-state index contributed by atoms with van der Waals surface area (Å²) in [5.74, 6) is 1.24. The Morgan fingerprint density at radius 3 is 2.85 bits per heavy atom. The number of rotatable bonds is 3. The van der Waals surface area contributed by atoms with Crippen molar-refractivity contribution in [3.8, 4) is 5.69 Å². The van der Waals surface area contributed by atoms with Gasteiger partial charge in [-0.3, -0.25) is 14.7 Å². The summed E-state index contributed by atoms with van der Waals surface area (Å²) in [7, 11) is 0. The Morgan fingerprint density at radius 1 is 1.19 bits per heavy atom. The van der Waals surface area contributed by atoms with E-state index in [2.05, 4.69) is 15.4 Å². The number of amidine groups is 1. The SMILES string of the molecule is O=C(Cn1nc2n(c1=O)-c1ccccc1C1=NCCN12)NC1CCCCC1. The number of nitrogens with one attached hydrogen (secondary N) is 1. The summed E-state index contributed by atoms with van der Waals surface area (Å²) in [4.78, 5) is 32.0. The molecule has 0 bridgehead atoms. The number of amides is 1. The molecule has 0 atom stereocenters. The fraction of sp³-hybridized carbons (Fsp3) is 0.474. The molecule has 140 valence electrons. The number of anilines is 1. The van der Waals surface area contributed by atoms with Gasteiger partial charge in [0, 0.05) is 18.2 Å². The van der Waals surface area contributed by atoms with Crippen molar-refractivity contribution in [2.75, 3.05) is 18.0 Å². The highest BCUT2D eigenvalue weighted by atomic mass is 16.2. The molecule has 2 aliphatic heterocycles. The Hall–Kier alpha value is -2.90. The van der Waals surface area contributed by atoms with E-state index < -0.39 is 0 Å². The Labute approximate surface area is 156 Å². The zero-order chi connectivity index (χ0) is 18.4. The summed E-state index contributed by atoms with van der Waals surface area (Å²) in [6.07, 6.45) is 5.57.